The molecule has 1 atom stereocenters. The van der Waals surface area contributed by atoms with Gasteiger partial charge in [-0.3, -0.25) is 9.59 Å². The second-order valence-corrected chi connectivity index (χ2v) is 8.56. The Hall–Kier alpha value is -4.79. The summed E-state index contributed by atoms with van der Waals surface area (Å²) in [5, 5.41) is 9.32. The van der Waals surface area contributed by atoms with Gasteiger partial charge in [0.25, 0.3) is 0 Å². The quantitative estimate of drug-likeness (QED) is 0.353. The van der Waals surface area contributed by atoms with E-state index in [0.717, 1.165) is 16.9 Å². The van der Waals surface area contributed by atoms with Crippen molar-refractivity contribution in [2.75, 3.05) is 27.4 Å². The fourth-order valence-corrected chi connectivity index (χ4v) is 4.00. The van der Waals surface area contributed by atoms with Crippen LogP contribution >= 0.6 is 0 Å². The Kier molecular flexibility index (Phi) is 6.53. The normalized spacial score (nSPS) is 15.0. The molecule has 0 saturated carbocycles. The zero-order valence-electron chi connectivity index (χ0n) is 19.7. The minimum absolute atomic E-state index is 0.0437. The van der Waals surface area contributed by atoms with E-state index in [0.29, 0.717) is 29.7 Å². The first-order chi connectivity index (χ1) is 17.5. The Balaban J connectivity index is 1.18. The van der Waals surface area contributed by atoms with Crippen LogP contribution in [0.2, 0.25) is 0 Å². The van der Waals surface area contributed by atoms with E-state index in [4.69, 9.17) is 0 Å². The minimum Gasteiger partial charge on any atom is -0.340 e. The molecule has 9 heteroatoms. The van der Waals surface area contributed by atoms with E-state index in [1.54, 1.807) is 17.2 Å². The van der Waals surface area contributed by atoms with Crippen LogP contribution in [0.3, 0.4) is 0 Å². The van der Waals surface area contributed by atoms with Gasteiger partial charge in [-0.05, 0) is 61.0 Å². The molecule has 0 bridgehead atoms. The number of hydrogen-bond acceptors (Lipinski definition) is 7. The summed E-state index contributed by atoms with van der Waals surface area (Å²) >= 11 is 0. The van der Waals surface area contributed by atoms with Crippen LogP contribution in [0.5, 0.6) is 0 Å². The fourth-order valence-electron chi connectivity index (χ4n) is 4.00. The lowest BCUT2D eigenvalue weighted by atomic mass is 10.1. The van der Waals surface area contributed by atoms with Gasteiger partial charge in [0.1, 0.15) is 23.8 Å². The van der Waals surface area contributed by atoms with E-state index in [1.807, 2.05) is 73.7 Å². The van der Waals surface area contributed by atoms with Crippen molar-refractivity contribution in [1.82, 2.24) is 15.0 Å². The lowest BCUT2D eigenvalue weighted by Gasteiger charge is -2.16. The van der Waals surface area contributed by atoms with Crippen LogP contribution in [-0.4, -0.2) is 33.3 Å². The summed E-state index contributed by atoms with van der Waals surface area (Å²) in [6, 6.07) is 22.4. The number of pyridine rings is 1. The molecule has 1 fully saturated rings. The Morgan fingerprint density at radius 3 is 2.31 bits per heavy atom. The number of nitrogens with one attached hydrogen (secondary N) is 3. The number of carbonyl (C=O) groups is 2. The molecular weight excluding hydrogens is 454 g/mol. The van der Waals surface area contributed by atoms with E-state index < -0.39 is 5.92 Å². The van der Waals surface area contributed by atoms with E-state index in [2.05, 4.69) is 30.9 Å². The number of aryl methyl sites for hydroxylation is 1. The molecule has 2 amide bonds. The van der Waals surface area contributed by atoms with Crippen molar-refractivity contribution in [3.63, 3.8) is 0 Å². The minimum atomic E-state index is -0.398. The van der Waals surface area contributed by atoms with Gasteiger partial charge in [-0.25, -0.2) is 15.0 Å². The van der Waals surface area contributed by atoms with Crippen molar-refractivity contribution >= 4 is 46.3 Å². The third kappa shape index (κ3) is 5.47. The van der Waals surface area contributed by atoms with Crippen LogP contribution in [0.1, 0.15) is 12.0 Å². The molecule has 3 N–H and O–H groups in total. The number of hydrogen-bond donors (Lipinski definition) is 3. The van der Waals surface area contributed by atoms with Crippen molar-refractivity contribution in [3.05, 3.63) is 90.9 Å². The molecule has 5 rings (SSSR count). The SMILES string of the molecule is Cc1ccnc(Nc2cc(Nc3ccc(NC(=O)C4CC(=O)N(c5ccccc5)C4)cc3)ncn2)c1. The molecule has 1 aliphatic rings. The highest BCUT2D eigenvalue weighted by Crippen LogP contribution is 2.26. The first-order valence-corrected chi connectivity index (χ1v) is 11.6. The van der Waals surface area contributed by atoms with Gasteiger partial charge in [0.05, 0.1) is 5.92 Å². The number of para-hydroxylation sites is 1. The number of carbonyl (C=O) groups excluding carboxylic acids is 2. The monoisotopic (exact) mass is 479 g/mol. The third-order valence-electron chi connectivity index (χ3n) is 5.83. The molecule has 9 nitrogen and oxygen atoms in total. The van der Waals surface area contributed by atoms with Crippen molar-refractivity contribution in [1.29, 1.82) is 0 Å². The maximum absolute atomic E-state index is 12.8. The standard InChI is InChI=1S/C27H25N7O2/c1-18-11-12-28-23(13-18)33-25-15-24(29-17-30-25)31-20-7-9-21(10-8-20)32-27(36)19-14-26(35)34(16-19)22-5-3-2-4-6-22/h2-13,15,17,19H,14,16H2,1H3,(H,32,36)(H2,28,29,30,31,33). The Morgan fingerprint density at radius 2 is 1.56 bits per heavy atom. The zero-order chi connectivity index (χ0) is 24.9. The average Bonchev–Trinajstić information content (AvgIpc) is 3.28. The third-order valence-corrected chi connectivity index (χ3v) is 5.83. The van der Waals surface area contributed by atoms with Crippen LogP contribution in [0, 0.1) is 12.8 Å². The van der Waals surface area contributed by atoms with Gasteiger partial charge in [0, 0.05) is 42.3 Å². The zero-order valence-corrected chi connectivity index (χ0v) is 19.7. The lowest BCUT2D eigenvalue weighted by molar-refractivity contribution is -0.122. The first kappa shape index (κ1) is 23.0. The maximum Gasteiger partial charge on any atom is 0.229 e. The van der Waals surface area contributed by atoms with E-state index in [1.165, 1.54) is 6.33 Å². The van der Waals surface area contributed by atoms with Crippen molar-refractivity contribution < 1.29 is 9.59 Å². The summed E-state index contributed by atoms with van der Waals surface area (Å²) in [4.78, 5) is 39.7. The molecule has 0 spiro atoms. The molecule has 1 unspecified atom stereocenters. The predicted molar refractivity (Wildman–Crippen MR) is 140 cm³/mol. The topological polar surface area (TPSA) is 112 Å². The average molecular weight is 480 g/mol. The Morgan fingerprint density at radius 1 is 0.861 bits per heavy atom. The molecule has 1 saturated heterocycles. The van der Waals surface area contributed by atoms with E-state index in [9.17, 15) is 9.59 Å². The van der Waals surface area contributed by atoms with E-state index in [-0.39, 0.29) is 18.2 Å². The van der Waals surface area contributed by atoms with Gasteiger partial charge in [-0.1, -0.05) is 18.2 Å². The molecular formula is C27H25N7O2. The summed E-state index contributed by atoms with van der Waals surface area (Å²) in [6.45, 7) is 2.37. The number of rotatable bonds is 7. The van der Waals surface area contributed by atoms with Gasteiger partial charge < -0.3 is 20.9 Å². The molecule has 1 aliphatic heterocycles. The van der Waals surface area contributed by atoms with Gasteiger partial charge >= 0.3 is 0 Å². The number of anilines is 6. The van der Waals surface area contributed by atoms with Crippen LogP contribution in [0.15, 0.2) is 85.3 Å². The summed E-state index contributed by atoms with van der Waals surface area (Å²) in [5.74, 6) is 1.32. The molecule has 2 aromatic carbocycles. The summed E-state index contributed by atoms with van der Waals surface area (Å²) < 4.78 is 0. The number of amides is 2. The summed E-state index contributed by atoms with van der Waals surface area (Å²) in [5.41, 5.74) is 3.37. The Bertz CT molecular complexity index is 1380. The molecule has 3 heterocycles. The van der Waals surface area contributed by atoms with Gasteiger partial charge in [-0.15, -0.1) is 0 Å². The van der Waals surface area contributed by atoms with Gasteiger partial charge in [0.2, 0.25) is 11.8 Å². The maximum atomic E-state index is 12.8. The van der Waals surface area contributed by atoms with E-state index >= 15 is 0 Å². The molecule has 0 radical (unpaired) electrons. The number of benzene rings is 2. The highest BCUT2D eigenvalue weighted by molar-refractivity contribution is 6.03. The molecule has 4 aromatic rings. The largest absolute Gasteiger partial charge is 0.340 e. The van der Waals surface area contributed by atoms with Crippen LogP contribution in [0.25, 0.3) is 0 Å². The molecule has 2 aromatic heterocycles. The smallest absolute Gasteiger partial charge is 0.229 e. The fraction of sp³-hybridized carbons (Fsp3) is 0.148. The highest BCUT2D eigenvalue weighted by Gasteiger charge is 2.35. The lowest BCUT2D eigenvalue weighted by Crippen LogP contribution is -2.28. The number of aromatic nitrogens is 3. The van der Waals surface area contributed by atoms with Crippen molar-refractivity contribution in [3.8, 4) is 0 Å². The second kappa shape index (κ2) is 10.2. The van der Waals surface area contributed by atoms with Crippen LogP contribution in [0.4, 0.5) is 34.5 Å². The molecule has 0 aliphatic carbocycles. The summed E-state index contributed by atoms with van der Waals surface area (Å²) in [7, 11) is 0. The molecule has 36 heavy (non-hydrogen) atoms. The van der Waals surface area contributed by atoms with Crippen molar-refractivity contribution in [2.45, 2.75) is 13.3 Å². The Labute approximate surface area is 208 Å². The second-order valence-electron chi connectivity index (χ2n) is 8.56. The molecule has 180 valence electrons. The van der Waals surface area contributed by atoms with Crippen LogP contribution in [-0.2, 0) is 9.59 Å². The summed E-state index contributed by atoms with van der Waals surface area (Å²) in [6.07, 6.45) is 3.40. The number of nitrogens with zero attached hydrogens (tertiary/aromatic N) is 4. The van der Waals surface area contributed by atoms with Gasteiger partial charge in [0.15, 0.2) is 0 Å². The van der Waals surface area contributed by atoms with Crippen molar-refractivity contribution in [2.24, 2.45) is 5.92 Å². The van der Waals surface area contributed by atoms with Crippen LogP contribution < -0.4 is 20.9 Å². The van der Waals surface area contributed by atoms with Gasteiger partial charge in [-0.2, -0.15) is 0 Å². The predicted octanol–water partition coefficient (Wildman–Crippen LogP) is 4.66. The highest BCUT2D eigenvalue weighted by atomic mass is 16.2. The first-order valence-electron chi connectivity index (χ1n) is 11.6.